The first-order valence-electron chi connectivity index (χ1n) is 8.75. The zero-order chi connectivity index (χ0) is 19.7. The van der Waals surface area contributed by atoms with Crippen molar-refractivity contribution in [1.29, 1.82) is 0 Å². The van der Waals surface area contributed by atoms with Crippen molar-refractivity contribution in [1.82, 2.24) is 4.31 Å². The van der Waals surface area contributed by atoms with Gasteiger partial charge in [-0.25, -0.2) is 21.1 Å². The fourth-order valence-electron chi connectivity index (χ4n) is 3.48. The standard InChI is InChI=1S/C19H24N2O4S2/c1-26(22,23)21-13-17(16-5-3-2-4-6-16)11-19(14-21)27(24,25)18-9-7-15(12-20)8-10-18/h2-10,17,19H,11-14,20H2,1H3/t17-,19+/m1/s1. The summed E-state index contributed by atoms with van der Waals surface area (Å²) in [5.74, 6) is -0.169. The highest BCUT2D eigenvalue weighted by Crippen LogP contribution is 2.33. The number of rotatable bonds is 5. The zero-order valence-corrected chi connectivity index (χ0v) is 16.8. The Hall–Kier alpha value is -1.74. The third-order valence-electron chi connectivity index (χ3n) is 5.05. The van der Waals surface area contributed by atoms with Crippen molar-refractivity contribution in [3.63, 3.8) is 0 Å². The summed E-state index contributed by atoms with van der Waals surface area (Å²) in [5.41, 5.74) is 7.37. The lowest BCUT2D eigenvalue weighted by Crippen LogP contribution is -2.47. The van der Waals surface area contributed by atoms with Gasteiger partial charge in [-0.2, -0.15) is 0 Å². The summed E-state index contributed by atoms with van der Waals surface area (Å²) in [5, 5.41) is -0.796. The topological polar surface area (TPSA) is 97.5 Å². The highest BCUT2D eigenvalue weighted by Gasteiger charge is 2.39. The van der Waals surface area contributed by atoms with E-state index in [4.69, 9.17) is 5.73 Å². The van der Waals surface area contributed by atoms with Gasteiger partial charge in [0.05, 0.1) is 16.4 Å². The molecule has 1 saturated heterocycles. The molecule has 1 heterocycles. The lowest BCUT2D eigenvalue weighted by molar-refractivity contribution is 0.317. The molecule has 0 spiro atoms. The summed E-state index contributed by atoms with van der Waals surface area (Å²) in [4.78, 5) is 0.201. The minimum absolute atomic E-state index is 0.0247. The molecule has 0 aromatic heterocycles. The molecule has 0 amide bonds. The summed E-state index contributed by atoms with van der Waals surface area (Å²) in [6, 6.07) is 16.0. The van der Waals surface area contributed by atoms with Crippen molar-refractivity contribution >= 4 is 19.9 Å². The van der Waals surface area contributed by atoms with Crippen LogP contribution < -0.4 is 5.73 Å². The molecule has 0 saturated carbocycles. The number of piperidine rings is 1. The smallest absolute Gasteiger partial charge is 0.211 e. The van der Waals surface area contributed by atoms with Gasteiger partial charge < -0.3 is 5.73 Å². The molecule has 6 nitrogen and oxygen atoms in total. The van der Waals surface area contributed by atoms with E-state index in [0.29, 0.717) is 19.5 Å². The summed E-state index contributed by atoms with van der Waals surface area (Å²) in [7, 11) is -7.17. The van der Waals surface area contributed by atoms with Gasteiger partial charge >= 0.3 is 0 Å². The molecule has 0 aliphatic carbocycles. The monoisotopic (exact) mass is 408 g/mol. The van der Waals surface area contributed by atoms with Crippen LogP contribution in [0.2, 0.25) is 0 Å². The van der Waals surface area contributed by atoms with Gasteiger partial charge in [0.15, 0.2) is 9.84 Å². The molecule has 0 unspecified atom stereocenters. The van der Waals surface area contributed by atoms with Crippen LogP contribution in [0.4, 0.5) is 0 Å². The SMILES string of the molecule is CS(=O)(=O)N1C[C@H](c2ccccc2)C[C@H](S(=O)(=O)c2ccc(CN)cc2)C1. The summed E-state index contributed by atoms with van der Waals surface area (Å²) in [6.07, 6.45) is 1.51. The van der Waals surface area contributed by atoms with Crippen LogP contribution in [-0.2, 0) is 26.4 Å². The molecule has 2 N–H and O–H groups in total. The molecule has 1 aliphatic rings. The second kappa shape index (κ2) is 7.71. The van der Waals surface area contributed by atoms with E-state index in [0.717, 1.165) is 17.4 Å². The first-order chi connectivity index (χ1) is 12.7. The molecule has 1 aliphatic heterocycles. The number of benzene rings is 2. The molecule has 2 aromatic rings. The molecule has 1 fully saturated rings. The van der Waals surface area contributed by atoms with Gasteiger partial charge in [0.25, 0.3) is 0 Å². The Balaban J connectivity index is 1.96. The van der Waals surface area contributed by atoms with Crippen LogP contribution in [-0.4, -0.2) is 45.7 Å². The van der Waals surface area contributed by atoms with E-state index < -0.39 is 25.1 Å². The van der Waals surface area contributed by atoms with Crippen molar-refractivity contribution in [2.24, 2.45) is 5.73 Å². The third-order valence-corrected chi connectivity index (χ3v) is 8.43. The van der Waals surface area contributed by atoms with Crippen LogP contribution in [0.5, 0.6) is 0 Å². The lowest BCUT2D eigenvalue weighted by atomic mass is 9.91. The molecule has 146 valence electrons. The Morgan fingerprint density at radius 3 is 2.15 bits per heavy atom. The number of nitrogens with two attached hydrogens (primary N) is 1. The van der Waals surface area contributed by atoms with Crippen LogP contribution in [0.1, 0.15) is 23.5 Å². The van der Waals surface area contributed by atoms with Gasteiger partial charge in [0, 0.05) is 19.6 Å². The van der Waals surface area contributed by atoms with Crippen LogP contribution in [0.25, 0.3) is 0 Å². The van der Waals surface area contributed by atoms with Gasteiger partial charge in [-0.15, -0.1) is 0 Å². The Labute approximate surface area is 161 Å². The van der Waals surface area contributed by atoms with E-state index in [1.807, 2.05) is 30.3 Å². The number of nitrogens with zero attached hydrogens (tertiary/aromatic N) is 1. The van der Waals surface area contributed by atoms with Crippen LogP contribution in [0.3, 0.4) is 0 Å². The Morgan fingerprint density at radius 1 is 0.963 bits per heavy atom. The van der Waals surface area contributed by atoms with E-state index in [1.54, 1.807) is 24.3 Å². The predicted molar refractivity (Wildman–Crippen MR) is 106 cm³/mol. The fourth-order valence-corrected chi connectivity index (χ4v) is 6.24. The number of hydrogen-bond donors (Lipinski definition) is 1. The first-order valence-corrected chi connectivity index (χ1v) is 12.1. The fraction of sp³-hybridized carbons (Fsp3) is 0.368. The molecular weight excluding hydrogens is 384 g/mol. The maximum Gasteiger partial charge on any atom is 0.211 e. The third kappa shape index (κ3) is 4.40. The van der Waals surface area contributed by atoms with Crippen molar-refractivity contribution in [3.05, 3.63) is 65.7 Å². The number of hydrogen-bond acceptors (Lipinski definition) is 5. The quantitative estimate of drug-likeness (QED) is 0.813. The minimum Gasteiger partial charge on any atom is -0.326 e. The summed E-state index contributed by atoms with van der Waals surface area (Å²) >= 11 is 0. The Morgan fingerprint density at radius 2 is 1.59 bits per heavy atom. The molecule has 0 radical (unpaired) electrons. The van der Waals surface area contributed by atoms with Gasteiger partial charge in [0.2, 0.25) is 10.0 Å². The second-order valence-corrected chi connectivity index (χ2v) is 11.1. The minimum atomic E-state index is -3.67. The van der Waals surface area contributed by atoms with E-state index in [-0.39, 0.29) is 17.4 Å². The highest BCUT2D eigenvalue weighted by molar-refractivity contribution is 7.92. The molecule has 27 heavy (non-hydrogen) atoms. The first kappa shape index (κ1) is 20.0. The maximum atomic E-state index is 13.2. The molecule has 8 heteroatoms. The van der Waals surface area contributed by atoms with E-state index in [1.165, 1.54) is 4.31 Å². The van der Waals surface area contributed by atoms with Crippen molar-refractivity contribution in [2.45, 2.75) is 29.0 Å². The molecule has 3 rings (SSSR count). The number of sulfonamides is 1. The second-order valence-electron chi connectivity index (χ2n) is 6.94. The zero-order valence-electron chi connectivity index (χ0n) is 15.2. The Kier molecular flexibility index (Phi) is 5.71. The van der Waals surface area contributed by atoms with Gasteiger partial charge in [-0.1, -0.05) is 42.5 Å². The van der Waals surface area contributed by atoms with E-state index >= 15 is 0 Å². The van der Waals surface area contributed by atoms with Gasteiger partial charge in [0.1, 0.15) is 0 Å². The van der Waals surface area contributed by atoms with Crippen molar-refractivity contribution in [3.8, 4) is 0 Å². The normalized spacial score (nSPS) is 21.9. The van der Waals surface area contributed by atoms with Gasteiger partial charge in [-0.05, 0) is 35.6 Å². The van der Waals surface area contributed by atoms with Crippen molar-refractivity contribution < 1.29 is 16.8 Å². The highest BCUT2D eigenvalue weighted by atomic mass is 32.2. The molecule has 0 bridgehead atoms. The predicted octanol–water partition coefficient (Wildman–Crippen LogP) is 1.74. The summed E-state index contributed by atoms with van der Waals surface area (Å²) < 4.78 is 52.0. The van der Waals surface area contributed by atoms with Gasteiger partial charge in [-0.3, -0.25) is 0 Å². The molecular formula is C19H24N2O4S2. The van der Waals surface area contributed by atoms with E-state index in [2.05, 4.69) is 0 Å². The lowest BCUT2D eigenvalue weighted by Gasteiger charge is -2.36. The van der Waals surface area contributed by atoms with Crippen molar-refractivity contribution in [2.75, 3.05) is 19.3 Å². The Bertz CT molecular complexity index is 988. The maximum absolute atomic E-state index is 13.2. The summed E-state index contributed by atoms with van der Waals surface area (Å²) in [6.45, 7) is 0.603. The average molecular weight is 409 g/mol. The molecule has 2 atom stereocenters. The molecule has 2 aromatic carbocycles. The largest absolute Gasteiger partial charge is 0.326 e. The van der Waals surface area contributed by atoms with Crippen LogP contribution in [0.15, 0.2) is 59.5 Å². The number of sulfone groups is 1. The van der Waals surface area contributed by atoms with E-state index in [9.17, 15) is 16.8 Å². The van der Waals surface area contributed by atoms with Crippen LogP contribution >= 0.6 is 0 Å². The average Bonchev–Trinajstić information content (AvgIpc) is 2.67. The van der Waals surface area contributed by atoms with Crippen LogP contribution in [0, 0.1) is 0 Å².